The van der Waals surface area contributed by atoms with Gasteiger partial charge in [0.15, 0.2) is 0 Å². The van der Waals surface area contributed by atoms with Crippen molar-refractivity contribution in [2.24, 2.45) is 5.73 Å². The molecule has 0 saturated carbocycles. The highest BCUT2D eigenvalue weighted by Crippen LogP contribution is 2.26. The van der Waals surface area contributed by atoms with Crippen molar-refractivity contribution in [2.45, 2.75) is 19.3 Å². The average molecular weight is 232 g/mol. The Labute approximate surface area is 100 Å². The van der Waals surface area contributed by atoms with Crippen molar-refractivity contribution in [3.05, 3.63) is 41.5 Å². The van der Waals surface area contributed by atoms with Gasteiger partial charge in [0.25, 0.3) is 0 Å². The second-order valence-electron chi connectivity index (χ2n) is 3.73. The Hall–Kier alpha value is -1.19. The summed E-state index contributed by atoms with van der Waals surface area (Å²) in [6.45, 7) is 0.775. The first-order valence-corrected chi connectivity index (χ1v) is 6.42. The van der Waals surface area contributed by atoms with Gasteiger partial charge < -0.3 is 5.73 Å². The summed E-state index contributed by atoms with van der Waals surface area (Å²) < 4.78 is 0. The van der Waals surface area contributed by atoms with Crippen LogP contribution in [-0.4, -0.2) is 11.5 Å². The van der Waals surface area contributed by atoms with Crippen LogP contribution in [0.2, 0.25) is 0 Å². The molecule has 0 bridgehead atoms. The number of unbranched alkanes of at least 4 members (excludes halogenated alkanes) is 1. The highest BCUT2D eigenvalue weighted by atomic mass is 32.1. The second kappa shape index (κ2) is 5.77. The monoisotopic (exact) mass is 232 g/mol. The molecule has 1 aromatic heterocycles. The molecule has 0 radical (unpaired) electrons. The highest BCUT2D eigenvalue weighted by molar-refractivity contribution is 7.15. The van der Waals surface area contributed by atoms with E-state index in [1.54, 1.807) is 11.3 Å². The molecule has 2 rings (SSSR count). The summed E-state index contributed by atoms with van der Waals surface area (Å²) >= 11 is 1.78. The van der Waals surface area contributed by atoms with Crippen molar-refractivity contribution in [2.75, 3.05) is 6.54 Å². The third-order valence-corrected chi connectivity index (χ3v) is 3.56. The van der Waals surface area contributed by atoms with Gasteiger partial charge >= 0.3 is 0 Å². The summed E-state index contributed by atoms with van der Waals surface area (Å²) in [7, 11) is 0. The predicted octanol–water partition coefficient (Wildman–Crippen LogP) is 3.09. The van der Waals surface area contributed by atoms with Gasteiger partial charge in [-0.1, -0.05) is 30.3 Å². The van der Waals surface area contributed by atoms with Crippen LogP contribution in [0.5, 0.6) is 0 Å². The average Bonchev–Trinajstić information content (AvgIpc) is 2.79. The molecule has 0 spiro atoms. The Morgan fingerprint density at radius 1 is 1.12 bits per heavy atom. The smallest absolute Gasteiger partial charge is 0.0931 e. The van der Waals surface area contributed by atoms with Crippen LogP contribution in [0.4, 0.5) is 0 Å². The minimum Gasteiger partial charge on any atom is -0.330 e. The Morgan fingerprint density at radius 2 is 1.94 bits per heavy atom. The lowest BCUT2D eigenvalue weighted by Crippen LogP contribution is -1.98. The molecule has 0 aliphatic heterocycles. The molecule has 0 atom stereocenters. The summed E-state index contributed by atoms with van der Waals surface area (Å²) in [5, 5.41) is 1.22. The van der Waals surface area contributed by atoms with Gasteiger partial charge in [-0.2, -0.15) is 0 Å². The van der Waals surface area contributed by atoms with Crippen LogP contribution in [-0.2, 0) is 6.42 Å². The van der Waals surface area contributed by atoms with E-state index < -0.39 is 0 Å². The van der Waals surface area contributed by atoms with Gasteiger partial charge in [0.05, 0.1) is 9.88 Å². The van der Waals surface area contributed by atoms with E-state index in [0.29, 0.717) is 0 Å². The first-order chi connectivity index (χ1) is 7.90. The van der Waals surface area contributed by atoms with Gasteiger partial charge in [-0.3, -0.25) is 0 Å². The fourth-order valence-electron chi connectivity index (χ4n) is 1.58. The quantitative estimate of drug-likeness (QED) is 0.805. The molecular weight excluding hydrogens is 216 g/mol. The van der Waals surface area contributed by atoms with Gasteiger partial charge in [-0.25, -0.2) is 4.98 Å². The molecule has 3 heteroatoms. The first-order valence-electron chi connectivity index (χ1n) is 5.60. The van der Waals surface area contributed by atoms with Crippen molar-refractivity contribution in [3.8, 4) is 10.4 Å². The van der Waals surface area contributed by atoms with E-state index in [2.05, 4.69) is 29.2 Å². The topological polar surface area (TPSA) is 38.9 Å². The lowest BCUT2D eigenvalue weighted by Gasteiger charge is -1.95. The summed E-state index contributed by atoms with van der Waals surface area (Å²) in [4.78, 5) is 5.70. The number of nitrogens with two attached hydrogens (primary N) is 1. The second-order valence-corrected chi connectivity index (χ2v) is 4.85. The van der Waals surface area contributed by atoms with E-state index in [1.807, 2.05) is 12.3 Å². The molecule has 2 aromatic rings. The van der Waals surface area contributed by atoms with Crippen molar-refractivity contribution in [1.29, 1.82) is 0 Å². The van der Waals surface area contributed by atoms with Crippen molar-refractivity contribution in [1.82, 2.24) is 4.98 Å². The number of thiazole rings is 1. The van der Waals surface area contributed by atoms with E-state index in [0.717, 1.165) is 25.8 Å². The maximum Gasteiger partial charge on any atom is 0.0931 e. The van der Waals surface area contributed by atoms with Crippen LogP contribution in [0.15, 0.2) is 36.5 Å². The molecule has 2 nitrogen and oxygen atoms in total. The first kappa shape index (κ1) is 11.3. The lowest BCUT2D eigenvalue weighted by atomic mass is 10.2. The zero-order valence-corrected chi connectivity index (χ0v) is 10.0. The molecule has 2 N–H and O–H groups in total. The third-order valence-electron chi connectivity index (χ3n) is 2.46. The number of aromatic nitrogens is 1. The molecule has 1 aromatic carbocycles. The normalized spacial score (nSPS) is 10.6. The van der Waals surface area contributed by atoms with Crippen molar-refractivity contribution < 1.29 is 0 Å². The summed E-state index contributed by atoms with van der Waals surface area (Å²) in [6.07, 6.45) is 5.24. The van der Waals surface area contributed by atoms with Crippen LogP contribution in [0.25, 0.3) is 10.4 Å². The Kier molecular flexibility index (Phi) is 4.08. The summed E-state index contributed by atoms with van der Waals surface area (Å²) in [6, 6.07) is 10.4. The maximum atomic E-state index is 5.47. The number of benzene rings is 1. The van der Waals surface area contributed by atoms with Gasteiger partial charge in [0, 0.05) is 6.20 Å². The maximum absolute atomic E-state index is 5.47. The molecule has 0 amide bonds. The molecular formula is C13H16N2S. The van der Waals surface area contributed by atoms with E-state index in [-0.39, 0.29) is 0 Å². The summed E-state index contributed by atoms with van der Waals surface area (Å²) in [5.41, 5.74) is 6.73. The van der Waals surface area contributed by atoms with E-state index in [4.69, 9.17) is 5.73 Å². The van der Waals surface area contributed by atoms with Crippen molar-refractivity contribution in [3.63, 3.8) is 0 Å². The molecule has 0 unspecified atom stereocenters. The van der Waals surface area contributed by atoms with Crippen LogP contribution in [0.1, 0.15) is 17.8 Å². The Morgan fingerprint density at radius 3 is 2.69 bits per heavy atom. The van der Waals surface area contributed by atoms with Crippen LogP contribution in [0, 0.1) is 0 Å². The van der Waals surface area contributed by atoms with Gasteiger partial charge in [0.2, 0.25) is 0 Å². The molecule has 0 saturated heterocycles. The van der Waals surface area contributed by atoms with Crippen LogP contribution < -0.4 is 5.73 Å². The van der Waals surface area contributed by atoms with Gasteiger partial charge in [-0.15, -0.1) is 11.3 Å². The number of aryl methyl sites for hydroxylation is 1. The molecule has 0 fully saturated rings. The number of nitrogens with zero attached hydrogens (tertiary/aromatic N) is 1. The van der Waals surface area contributed by atoms with Crippen LogP contribution in [0.3, 0.4) is 0 Å². The zero-order valence-electron chi connectivity index (χ0n) is 9.23. The SMILES string of the molecule is NCCCCc1ncc(-c2ccccc2)s1. The fourth-order valence-corrected chi connectivity index (χ4v) is 2.55. The highest BCUT2D eigenvalue weighted by Gasteiger charge is 2.03. The molecule has 84 valence electrons. The Balaban J connectivity index is 2.02. The van der Waals surface area contributed by atoms with Crippen LogP contribution >= 0.6 is 11.3 Å². The molecule has 0 aliphatic carbocycles. The largest absolute Gasteiger partial charge is 0.330 e. The fraction of sp³-hybridized carbons (Fsp3) is 0.308. The number of hydrogen-bond donors (Lipinski definition) is 1. The van der Waals surface area contributed by atoms with Crippen molar-refractivity contribution >= 4 is 11.3 Å². The molecule has 0 aliphatic rings. The van der Waals surface area contributed by atoms with E-state index in [1.165, 1.54) is 15.4 Å². The Bertz CT molecular complexity index is 423. The molecule has 16 heavy (non-hydrogen) atoms. The number of rotatable bonds is 5. The lowest BCUT2D eigenvalue weighted by molar-refractivity contribution is 0.741. The van der Waals surface area contributed by atoms with Gasteiger partial charge in [0.1, 0.15) is 0 Å². The van der Waals surface area contributed by atoms with E-state index >= 15 is 0 Å². The summed E-state index contributed by atoms with van der Waals surface area (Å²) in [5.74, 6) is 0. The third kappa shape index (κ3) is 2.90. The minimum absolute atomic E-state index is 0.775. The minimum atomic E-state index is 0.775. The van der Waals surface area contributed by atoms with Gasteiger partial charge in [-0.05, 0) is 31.4 Å². The number of hydrogen-bond acceptors (Lipinski definition) is 3. The molecule has 1 heterocycles. The standard InChI is InChI=1S/C13H16N2S/c14-9-5-4-8-13-15-10-12(16-13)11-6-2-1-3-7-11/h1-3,6-7,10H,4-5,8-9,14H2. The van der Waals surface area contributed by atoms with E-state index in [9.17, 15) is 0 Å². The predicted molar refractivity (Wildman–Crippen MR) is 69.5 cm³/mol. The zero-order chi connectivity index (χ0) is 11.2.